The van der Waals surface area contributed by atoms with Crippen LogP contribution in [0.5, 0.6) is 23.0 Å². The number of rotatable bonds is 10. The lowest BCUT2D eigenvalue weighted by Crippen LogP contribution is -2.08. The van der Waals surface area contributed by atoms with Crippen LogP contribution >= 0.6 is 0 Å². The summed E-state index contributed by atoms with van der Waals surface area (Å²) < 4.78 is 21.9. The van der Waals surface area contributed by atoms with Gasteiger partial charge in [-0.15, -0.1) is 0 Å². The van der Waals surface area contributed by atoms with Crippen molar-refractivity contribution in [2.45, 2.75) is 20.8 Å². The van der Waals surface area contributed by atoms with Gasteiger partial charge in [-0.2, -0.15) is 0 Å². The topological polar surface area (TPSA) is 66.0 Å². The highest BCUT2D eigenvalue weighted by atomic mass is 16.5. The summed E-state index contributed by atoms with van der Waals surface area (Å²) in [6.07, 6.45) is 3.18. The summed E-state index contributed by atoms with van der Waals surface area (Å²) in [6, 6.07) is 10.8. The first-order valence-corrected chi connectivity index (χ1v) is 9.30. The molecule has 0 aliphatic rings. The van der Waals surface area contributed by atoms with Crippen LogP contribution in [-0.2, 0) is 4.79 Å². The standard InChI is InChI=1S/C22H27NO5/c1-5-26-18-11-8-16(14-20(18)25-4)9-13-22(24)23-17-10-12-19(27-6-2)21(15-17)28-7-3/h8-15H,5-7H2,1-4H3,(H,23,24)/b13-9+. The second kappa shape index (κ2) is 10.9. The number of carbonyl (C=O) groups is 1. The minimum absolute atomic E-state index is 0.251. The van der Waals surface area contributed by atoms with Crippen LogP contribution in [0.15, 0.2) is 42.5 Å². The quantitative estimate of drug-likeness (QED) is 0.608. The molecule has 6 heteroatoms. The average molecular weight is 385 g/mol. The Balaban J connectivity index is 2.08. The molecule has 0 spiro atoms. The van der Waals surface area contributed by atoms with Gasteiger partial charge >= 0.3 is 0 Å². The van der Waals surface area contributed by atoms with Gasteiger partial charge in [-0.05, 0) is 56.7 Å². The van der Waals surface area contributed by atoms with E-state index in [1.165, 1.54) is 6.08 Å². The lowest BCUT2D eigenvalue weighted by atomic mass is 10.2. The minimum atomic E-state index is -0.251. The second-order valence-corrected chi connectivity index (χ2v) is 5.69. The normalized spacial score (nSPS) is 10.6. The van der Waals surface area contributed by atoms with E-state index in [-0.39, 0.29) is 5.91 Å². The van der Waals surface area contributed by atoms with Crippen molar-refractivity contribution in [2.24, 2.45) is 0 Å². The van der Waals surface area contributed by atoms with Crippen LogP contribution in [0.25, 0.3) is 6.08 Å². The molecule has 6 nitrogen and oxygen atoms in total. The highest BCUT2D eigenvalue weighted by molar-refractivity contribution is 6.02. The third-order valence-corrected chi connectivity index (χ3v) is 3.73. The van der Waals surface area contributed by atoms with E-state index in [4.69, 9.17) is 18.9 Å². The molecule has 0 atom stereocenters. The molecule has 0 radical (unpaired) electrons. The van der Waals surface area contributed by atoms with Gasteiger partial charge in [0.25, 0.3) is 0 Å². The molecule has 0 fully saturated rings. The molecule has 0 bridgehead atoms. The van der Waals surface area contributed by atoms with Crippen molar-refractivity contribution in [1.82, 2.24) is 0 Å². The molecule has 0 aliphatic carbocycles. The SMILES string of the molecule is CCOc1ccc(/C=C/C(=O)Nc2ccc(OCC)c(OCC)c2)cc1OC. The summed E-state index contributed by atoms with van der Waals surface area (Å²) in [5, 5.41) is 2.82. The predicted octanol–water partition coefficient (Wildman–Crippen LogP) is 4.54. The number of amides is 1. The molecule has 150 valence electrons. The number of benzene rings is 2. The number of ether oxygens (including phenoxy) is 4. The Hall–Kier alpha value is -3.15. The lowest BCUT2D eigenvalue weighted by molar-refractivity contribution is -0.111. The Kier molecular flexibility index (Phi) is 8.21. The Morgan fingerprint density at radius 2 is 1.46 bits per heavy atom. The van der Waals surface area contributed by atoms with E-state index in [0.29, 0.717) is 48.5 Å². The van der Waals surface area contributed by atoms with Gasteiger partial charge in [0.15, 0.2) is 23.0 Å². The minimum Gasteiger partial charge on any atom is -0.493 e. The van der Waals surface area contributed by atoms with Gasteiger partial charge in [0.05, 0.1) is 26.9 Å². The van der Waals surface area contributed by atoms with Crippen LogP contribution in [0.1, 0.15) is 26.3 Å². The number of hydrogen-bond donors (Lipinski definition) is 1. The largest absolute Gasteiger partial charge is 0.493 e. The van der Waals surface area contributed by atoms with E-state index >= 15 is 0 Å². The maximum absolute atomic E-state index is 12.3. The maximum atomic E-state index is 12.3. The van der Waals surface area contributed by atoms with Crippen molar-refractivity contribution in [1.29, 1.82) is 0 Å². The monoisotopic (exact) mass is 385 g/mol. The van der Waals surface area contributed by atoms with E-state index < -0.39 is 0 Å². The molecular weight excluding hydrogens is 358 g/mol. The summed E-state index contributed by atoms with van der Waals surface area (Å²) in [4.78, 5) is 12.3. The molecule has 0 heterocycles. The Morgan fingerprint density at radius 3 is 2.11 bits per heavy atom. The number of nitrogens with one attached hydrogen (secondary N) is 1. The Morgan fingerprint density at radius 1 is 0.857 bits per heavy atom. The van der Waals surface area contributed by atoms with Crippen LogP contribution in [0, 0.1) is 0 Å². The van der Waals surface area contributed by atoms with E-state index in [9.17, 15) is 4.79 Å². The second-order valence-electron chi connectivity index (χ2n) is 5.69. The van der Waals surface area contributed by atoms with E-state index in [1.54, 1.807) is 31.4 Å². The first-order valence-electron chi connectivity index (χ1n) is 9.30. The first-order chi connectivity index (χ1) is 13.6. The van der Waals surface area contributed by atoms with Gasteiger partial charge in [-0.25, -0.2) is 0 Å². The molecule has 0 saturated carbocycles. The summed E-state index contributed by atoms with van der Waals surface area (Å²) in [5.41, 5.74) is 1.46. The highest BCUT2D eigenvalue weighted by Gasteiger charge is 2.08. The molecule has 0 unspecified atom stereocenters. The number of anilines is 1. The maximum Gasteiger partial charge on any atom is 0.248 e. The van der Waals surface area contributed by atoms with Gasteiger partial charge in [0.1, 0.15) is 0 Å². The van der Waals surface area contributed by atoms with E-state index in [1.807, 2.05) is 39.0 Å². The number of methoxy groups -OCH3 is 1. The summed E-state index contributed by atoms with van der Waals surface area (Å²) in [5.74, 6) is 2.29. The first kappa shape index (κ1) is 21.2. The smallest absolute Gasteiger partial charge is 0.248 e. The molecule has 0 saturated heterocycles. The van der Waals surface area contributed by atoms with Gasteiger partial charge in [0.2, 0.25) is 5.91 Å². The van der Waals surface area contributed by atoms with Gasteiger partial charge in [-0.3, -0.25) is 4.79 Å². The lowest BCUT2D eigenvalue weighted by Gasteiger charge is -2.12. The fourth-order valence-electron chi connectivity index (χ4n) is 2.55. The Labute approximate surface area is 166 Å². The molecule has 2 aromatic carbocycles. The Bertz CT molecular complexity index is 817. The van der Waals surface area contributed by atoms with Crippen LogP contribution in [0.4, 0.5) is 5.69 Å². The van der Waals surface area contributed by atoms with E-state index in [2.05, 4.69) is 5.32 Å². The number of carbonyl (C=O) groups excluding carboxylic acids is 1. The van der Waals surface area contributed by atoms with Crippen LogP contribution in [0.2, 0.25) is 0 Å². The molecule has 0 aliphatic heterocycles. The average Bonchev–Trinajstić information content (AvgIpc) is 2.69. The zero-order chi connectivity index (χ0) is 20.4. The zero-order valence-corrected chi connectivity index (χ0v) is 16.8. The summed E-state index contributed by atoms with van der Waals surface area (Å²) >= 11 is 0. The van der Waals surface area contributed by atoms with Crippen LogP contribution in [-0.4, -0.2) is 32.8 Å². The molecule has 1 amide bonds. The fraction of sp³-hybridized carbons (Fsp3) is 0.318. The van der Waals surface area contributed by atoms with Crippen molar-refractivity contribution >= 4 is 17.7 Å². The van der Waals surface area contributed by atoms with Crippen molar-refractivity contribution in [3.8, 4) is 23.0 Å². The zero-order valence-electron chi connectivity index (χ0n) is 16.8. The molecular formula is C22H27NO5. The molecule has 0 aromatic heterocycles. The fourth-order valence-corrected chi connectivity index (χ4v) is 2.55. The summed E-state index contributed by atoms with van der Waals surface area (Å²) in [7, 11) is 1.58. The van der Waals surface area contributed by atoms with Crippen molar-refractivity contribution < 1.29 is 23.7 Å². The molecule has 2 aromatic rings. The number of hydrogen-bond acceptors (Lipinski definition) is 5. The van der Waals surface area contributed by atoms with Gasteiger partial charge in [0, 0.05) is 17.8 Å². The predicted molar refractivity (Wildman–Crippen MR) is 111 cm³/mol. The molecule has 2 rings (SSSR count). The van der Waals surface area contributed by atoms with Crippen molar-refractivity contribution in [2.75, 3.05) is 32.2 Å². The molecule has 1 N–H and O–H groups in total. The highest BCUT2D eigenvalue weighted by Crippen LogP contribution is 2.31. The van der Waals surface area contributed by atoms with Crippen molar-refractivity contribution in [3.05, 3.63) is 48.0 Å². The van der Waals surface area contributed by atoms with Crippen LogP contribution < -0.4 is 24.3 Å². The third kappa shape index (κ3) is 5.94. The molecule has 28 heavy (non-hydrogen) atoms. The van der Waals surface area contributed by atoms with E-state index in [0.717, 1.165) is 5.56 Å². The van der Waals surface area contributed by atoms with Crippen molar-refractivity contribution in [3.63, 3.8) is 0 Å². The van der Waals surface area contributed by atoms with Crippen LogP contribution in [0.3, 0.4) is 0 Å². The van der Waals surface area contributed by atoms with Gasteiger partial charge in [-0.1, -0.05) is 6.07 Å². The third-order valence-electron chi connectivity index (χ3n) is 3.73. The van der Waals surface area contributed by atoms with Gasteiger partial charge < -0.3 is 24.3 Å². The summed E-state index contributed by atoms with van der Waals surface area (Å²) in [6.45, 7) is 7.33.